The molecule has 1 saturated carbocycles. The summed E-state index contributed by atoms with van der Waals surface area (Å²) < 4.78 is 30.5. The predicted molar refractivity (Wildman–Crippen MR) is 216 cm³/mol. The van der Waals surface area contributed by atoms with Crippen LogP contribution in [-0.4, -0.2) is 121 Å². The highest BCUT2D eigenvalue weighted by Crippen LogP contribution is 2.40. The molecule has 12 nitrogen and oxygen atoms in total. The van der Waals surface area contributed by atoms with Crippen molar-refractivity contribution in [1.82, 2.24) is 4.90 Å². The van der Waals surface area contributed by atoms with Crippen molar-refractivity contribution >= 4 is 23.4 Å². The first-order valence-electron chi connectivity index (χ1n) is 21.2. The van der Waals surface area contributed by atoms with E-state index in [9.17, 15) is 29.4 Å². The van der Waals surface area contributed by atoms with Crippen molar-refractivity contribution < 1.29 is 53.1 Å². The SMILES string of the molecule is C=CC[C@@H]1/C=C(\C)C[C@H](C)C[C@H](OC)[C@H]2O[C@@](C)(C(=O)C(=O)N3CCCC[C@H]3C(=O)OC(/C(C)=C/[C@@H]3CC[C@@H](O)[C@H](OC)C3)[C@H](C)[C@@H](O)CC1=O)[C@H](C)C[C@@H]2OC. The van der Waals surface area contributed by atoms with Gasteiger partial charge in [0.25, 0.3) is 11.7 Å². The maximum Gasteiger partial charge on any atom is 0.329 e. The van der Waals surface area contributed by atoms with Gasteiger partial charge in [-0.05, 0) is 108 Å². The number of aliphatic hydroxyl groups is 2. The van der Waals surface area contributed by atoms with Gasteiger partial charge in [0.1, 0.15) is 29.6 Å². The normalized spacial score (nSPS) is 41.0. The standard InChI is InChI=1S/C45H71NO11/c1-11-14-32-20-26(2)19-27(3)21-38(54-9)41-39(55-10)23-29(5)45(7,57-41)42(50)43(51)46-18-13-12-15-33(46)44(52)56-40(30(6)35(48)25-36(32)49)28(4)22-31-16-17-34(47)37(24-31)53-8/h11,20,22,27,29-35,37-41,47-48H,1,12-19,21,23-25H2,2-10H3/b26-20+,28-22+/t27-,29+,30+,31-,32+,33-,34+,35-,37+,38-,39-,40?,41+,45+/m0/s1. The fraction of sp³-hybridized carbons (Fsp3) is 0.778. The molecule has 14 atom stereocenters. The number of fused-ring (bicyclic) bond motifs is 3. The molecule has 1 unspecified atom stereocenters. The van der Waals surface area contributed by atoms with Gasteiger partial charge < -0.3 is 38.8 Å². The van der Waals surface area contributed by atoms with E-state index in [4.69, 9.17) is 23.7 Å². The Balaban J connectivity index is 1.78. The van der Waals surface area contributed by atoms with E-state index in [-0.39, 0.29) is 48.7 Å². The first-order valence-corrected chi connectivity index (χ1v) is 21.2. The number of aliphatic hydroxyl groups excluding tert-OH is 2. The molecule has 0 radical (unpaired) electrons. The Morgan fingerprint density at radius 1 is 0.930 bits per heavy atom. The highest BCUT2D eigenvalue weighted by atomic mass is 16.6. The number of carbonyl (C=O) groups is 4. The second-order valence-corrected chi connectivity index (χ2v) is 17.7. The molecule has 2 bridgehead atoms. The molecule has 0 aromatic rings. The quantitative estimate of drug-likeness (QED) is 0.185. The number of Topliss-reactive ketones (excluding diaryl/α,β-unsaturated/α-hetero) is 2. The number of hydrogen-bond acceptors (Lipinski definition) is 11. The maximum atomic E-state index is 14.5. The second kappa shape index (κ2) is 21.0. The Morgan fingerprint density at radius 2 is 1.60 bits per heavy atom. The molecule has 3 heterocycles. The number of esters is 1. The summed E-state index contributed by atoms with van der Waals surface area (Å²) in [5, 5.41) is 22.2. The maximum absolute atomic E-state index is 14.5. The van der Waals surface area contributed by atoms with E-state index in [1.54, 1.807) is 41.3 Å². The third-order valence-corrected chi connectivity index (χ3v) is 13.3. The van der Waals surface area contributed by atoms with Crippen molar-refractivity contribution in [3.8, 4) is 0 Å². The molecule has 2 saturated heterocycles. The van der Waals surface area contributed by atoms with Crippen molar-refractivity contribution in [2.24, 2.45) is 29.6 Å². The van der Waals surface area contributed by atoms with Crippen molar-refractivity contribution in [1.29, 1.82) is 0 Å². The van der Waals surface area contributed by atoms with E-state index >= 15 is 0 Å². The zero-order chi connectivity index (χ0) is 42.2. The molecule has 12 heteroatoms. The average molecular weight is 802 g/mol. The van der Waals surface area contributed by atoms with Crippen LogP contribution in [0.4, 0.5) is 0 Å². The van der Waals surface area contributed by atoms with Gasteiger partial charge in [0.2, 0.25) is 0 Å². The second-order valence-electron chi connectivity index (χ2n) is 17.7. The molecular weight excluding hydrogens is 730 g/mol. The van der Waals surface area contributed by atoms with Gasteiger partial charge in [0, 0.05) is 46.1 Å². The Labute approximate surface area is 340 Å². The van der Waals surface area contributed by atoms with Gasteiger partial charge in [-0.15, -0.1) is 6.58 Å². The topological polar surface area (TPSA) is 158 Å². The zero-order valence-corrected chi connectivity index (χ0v) is 35.9. The van der Waals surface area contributed by atoms with Crippen LogP contribution in [0.5, 0.6) is 0 Å². The number of cyclic esters (lactones) is 1. The van der Waals surface area contributed by atoms with Crippen molar-refractivity contribution in [3.05, 3.63) is 36.0 Å². The number of amides is 1. The third-order valence-electron chi connectivity index (χ3n) is 13.3. The van der Waals surface area contributed by atoms with E-state index < -0.39 is 71.7 Å². The van der Waals surface area contributed by atoms with Gasteiger partial charge in [-0.3, -0.25) is 14.4 Å². The monoisotopic (exact) mass is 802 g/mol. The predicted octanol–water partition coefficient (Wildman–Crippen LogP) is 5.71. The molecule has 0 aromatic heterocycles. The summed E-state index contributed by atoms with van der Waals surface area (Å²) in [6.45, 7) is 15.3. The van der Waals surface area contributed by atoms with E-state index in [0.717, 1.165) is 5.57 Å². The summed E-state index contributed by atoms with van der Waals surface area (Å²) in [4.78, 5) is 58.5. The number of piperidine rings is 1. The Morgan fingerprint density at radius 3 is 2.25 bits per heavy atom. The van der Waals surface area contributed by atoms with Crippen LogP contribution < -0.4 is 0 Å². The molecular formula is C45H71NO11. The largest absolute Gasteiger partial charge is 0.456 e. The Bertz CT molecular complexity index is 1480. The van der Waals surface area contributed by atoms with Crippen LogP contribution in [0.15, 0.2) is 36.0 Å². The van der Waals surface area contributed by atoms with Crippen LogP contribution in [-0.2, 0) is 42.9 Å². The lowest BCUT2D eigenvalue weighted by Crippen LogP contribution is -2.63. The van der Waals surface area contributed by atoms with E-state index in [2.05, 4.69) is 13.5 Å². The fourth-order valence-corrected chi connectivity index (χ4v) is 9.62. The Kier molecular flexibility index (Phi) is 17.3. The van der Waals surface area contributed by atoms with Crippen molar-refractivity contribution in [3.63, 3.8) is 0 Å². The van der Waals surface area contributed by atoms with Crippen LogP contribution in [0.1, 0.15) is 112 Å². The smallest absolute Gasteiger partial charge is 0.329 e. The number of ketones is 2. The Hall–Kier alpha value is -2.74. The number of carbonyl (C=O) groups excluding carboxylic acids is 4. The summed E-state index contributed by atoms with van der Waals surface area (Å²) in [5.74, 6) is -3.82. The minimum atomic E-state index is -1.51. The van der Waals surface area contributed by atoms with E-state index in [0.29, 0.717) is 69.8 Å². The summed E-state index contributed by atoms with van der Waals surface area (Å²) >= 11 is 0. The number of rotatable bonds is 7. The van der Waals surface area contributed by atoms with Gasteiger partial charge in [-0.1, -0.05) is 44.6 Å². The molecule has 1 amide bonds. The number of ether oxygens (including phenoxy) is 5. The van der Waals surface area contributed by atoms with E-state index in [1.807, 2.05) is 32.9 Å². The van der Waals surface area contributed by atoms with Gasteiger partial charge in [-0.25, -0.2) is 4.79 Å². The van der Waals surface area contributed by atoms with Crippen molar-refractivity contribution in [2.75, 3.05) is 27.9 Å². The molecule has 57 heavy (non-hydrogen) atoms. The molecule has 4 rings (SSSR count). The van der Waals surface area contributed by atoms with Crippen LogP contribution in [0.25, 0.3) is 0 Å². The summed E-state index contributed by atoms with van der Waals surface area (Å²) in [6.07, 6.45) is 6.49. The molecule has 0 spiro atoms. The fourth-order valence-electron chi connectivity index (χ4n) is 9.62. The van der Waals surface area contributed by atoms with Gasteiger partial charge in [0.15, 0.2) is 0 Å². The van der Waals surface area contributed by atoms with Gasteiger partial charge in [0.05, 0.1) is 30.5 Å². The summed E-state index contributed by atoms with van der Waals surface area (Å²) in [5.41, 5.74) is 0.189. The van der Waals surface area contributed by atoms with E-state index in [1.165, 1.54) is 4.90 Å². The highest BCUT2D eigenvalue weighted by molar-refractivity contribution is 6.39. The zero-order valence-electron chi connectivity index (χ0n) is 35.9. The first kappa shape index (κ1) is 46.9. The summed E-state index contributed by atoms with van der Waals surface area (Å²) in [7, 11) is 4.79. The van der Waals surface area contributed by atoms with Crippen molar-refractivity contribution in [2.45, 2.75) is 167 Å². The third kappa shape index (κ3) is 11.3. The minimum Gasteiger partial charge on any atom is -0.456 e. The van der Waals surface area contributed by atoms with Crippen LogP contribution in [0.2, 0.25) is 0 Å². The molecule has 0 aromatic carbocycles. The molecule has 322 valence electrons. The molecule has 4 aliphatic rings. The number of hydrogen-bond donors (Lipinski definition) is 2. The average Bonchev–Trinajstić information content (AvgIpc) is 3.18. The van der Waals surface area contributed by atoms with Crippen LogP contribution in [0, 0.1) is 29.6 Å². The molecule has 2 N–H and O–H groups in total. The van der Waals surface area contributed by atoms with Gasteiger partial charge >= 0.3 is 5.97 Å². The number of allylic oxidation sites excluding steroid dienone is 4. The molecule has 3 fully saturated rings. The van der Waals surface area contributed by atoms with Gasteiger partial charge in [-0.2, -0.15) is 0 Å². The minimum absolute atomic E-state index is 0.0171. The number of nitrogens with zero attached hydrogens (tertiary/aromatic N) is 1. The lowest BCUT2D eigenvalue weighted by molar-refractivity contribution is -0.229. The lowest BCUT2D eigenvalue weighted by Gasteiger charge is -2.48. The van der Waals surface area contributed by atoms with Crippen LogP contribution in [0.3, 0.4) is 0 Å². The highest BCUT2D eigenvalue weighted by Gasteiger charge is 2.54. The summed E-state index contributed by atoms with van der Waals surface area (Å²) in [6, 6.07) is -1.03. The first-order chi connectivity index (χ1) is 27.0. The van der Waals surface area contributed by atoms with Crippen LogP contribution >= 0.6 is 0 Å². The lowest BCUT2D eigenvalue weighted by atomic mass is 9.76. The molecule has 1 aliphatic carbocycles. The molecule has 3 aliphatic heterocycles. The number of methoxy groups -OCH3 is 3.